The summed E-state index contributed by atoms with van der Waals surface area (Å²) in [5, 5.41) is 0.702. The zero-order valence-electron chi connectivity index (χ0n) is 5.94. The van der Waals surface area contributed by atoms with Crippen molar-refractivity contribution in [2.24, 2.45) is 0 Å². The van der Waals surface area contributed by atoms with E-state index in [1.807, 2.05) is 6.92 Å². The number of hydrogen-bond donors (Lipinski definition) is 1. The lowest BCUT2D eigenvalue weighted by Crippen LogP contribution is -2.46. The predicted molar refractivity (Wildman–Crippen MR) is 52.7 cm³/mol. The van der Waals surface area contributed by atoms with Crippen LogP contribution in [-0.4, -0.2) is 31.3 Å². The van der Waals surface area contributed by atoms with Crippen LogP contribution in [0.2, 0.25) is 0 Å². The molecule has 10 heavy (non-hydrogen) atoms. The summed E-state index contributed by atoms with van der Waals surface area (Å²) < 4.78 is 5.48. The van der Waals surface area contributed by atoms with Crippen LogP contribution in [-0.2, 0) is 4.43 Å². The molecule has 1 nitrogen and oxygen atoms in total. The van der Waals surface area contributed by atoms with Gasteiger partial charge in [-0.3, -0.25) is 0 Å². The Balaban J connectivity index is 3.87. The number of halogens is 2. The Morgan fingerprint density at radius 3 is 2.00 bits per heavy atom. The lowest BCUT2D eigenvalue weighted by atomic mass is 10.9. The molecule has 0 fully saturated rings. The maximum Gasteiger partial charge on any atom is 0.231 e. The van der Waals surface area contributed by atoms with Crippen molar-refractivity contribution < 1.29 is 4.43 Å². The Hall–Kier alpha value is 1.11. The van der Waals surface area contributed by atoms with Crippen LogP contribution < -0.4 is 0 Å². The first-order chi connectivity index (χ1) is 4.74. The quantitative estimate of drug-likeness (QED) is 0.422. The van der Waals surface area contributed by atoms with Crippen LogP contribution in [0.3, 0.4) is 0 Å². The van der Waals surface area contributed by atoms with E-state index in [0.29, 0.717) is 23.0 Å². The number of hydrogen-bond acceptors (Lipinski definition) is 2. The van der Waals surface area contributed by atoms with Crippen molar-refractivity contribution in [3.63, 3.8) is 0 Å². The van der Waals surface area contributed by atoms with Crippen LogP contribution in [0.15, 0.2) is 0 Å². The van der Waals surface area contributed by atoms with E-state index in [0.717, 1.165) is 0 Å². The molecule has 0 amide bonds. The molecule has 0 aliphatic heterocycles. The molecular weight excluding hydrogens is 207 g/mol. The van der Waals surface area contributed by atoms with Gasteiger partial charge < -0.3 is 4.43 Å². The summed E-state index contributed by atoms with van der Waals surface area (Å²) in [6.07, 6.45) is 0. The van der Waals surface area contributed by atoms with E-state index in [1.165, 1.54) is 0 Å². The molecule has 0 atom stereocenters. The molecule has 0 heterocycles. The Labute approximate surface area is 78.6 Å². The van der Waals surface area contributed by atoms with E-state index in [-0.39, 0.29) is 0 Å². The van der Waals surface area contributed by atoms with Gasteiger partial charge in [-0.2, -0.15) is 12.6 Å². The zero-order chi connectivity index (χ0) is 8.04. The van der Waals surface area contributed by atoms with Gasteiger partial charge in [-0.25, -0.2) is 0 Å². The monoisotopic (exact) mass is 218 g/mol. The van der Waals surface area contributed by atoms with Gasteiger partial charge in [-0.05, 0) is 6.92 Å². The molecule has 0 aliphatic carbocycles. The van der Waals surface area contributed by atoms with Gasteiger partial charge in [0.05, 0.1) is 0 Å². The summed E-state index contributed by atoms with van der Waals surface area (Å²) in [4.78, 5) is 0. The normalized spacial score (nSPS) is 12.0. The third kappa shape index (κ3) is 3.01. The average Bonchev–Trinajstić information content (AvgIpc) is 2.01. The summed E-state index contributed by atoms with van der Waals surface area (Å²) in [6.45, 7) is 2.64. The van der Waals surface area contributed by atoms with Gasteiger partial charge in [0, 0.05) is 23.0 Å². The van der Waals surface area contributed by atoms with Crippen molar-refractivity contribution >= 4 is 44.1 Å². The van der Waals surface area contributed by atoms with Gasteiger partial charge in [0.15, 0.2) is 0 Å². The van der Waals surface area contributed by atoms with Crippen molar-refractivity contribution in [1.82, 2.24) is 0 Å². The Kier molecular flexibility index (Phi) is 6.35. The molecule has 0 radical (unpaired) electrons. The van der Waals surface area contributed by atoms with Crippen LogP contribution in [0.1, 0.15) is 6.92 Å². The Morgan fingerprint density at radius 1 is 1.40 bits per heavy atom. The van der Waals surface area contributed by atoms with Gasteiger partial charge in [0.25, 0.3) is 0 Å². The second-order valence-corrected chi connectivity index (χ2v) is 8.10. The van der Waals surface area contributed by atoms with Crippen molar-refractivity contribution in [3.05, 3.63) is 0 Å². The van der Waals surface area contributed by atoms with E-state index >= 15 is 0 Å². The van der Waals surface area contributed by atoms with E-state index in [2.05, 4.69) is 12.6 Å². The van der Waals surface area contributed by atoms with Gasteiger partial charge >= 0.3 is 0 Å². The largest absolute Gasteiger partial charge is 0.414 e. The van der Waals surface area contributed by atoms with Crippen LogP contribution in [0.4, 0.5) is 0 Å². The molecule has 0 aromatic carbocycles. The summed E-state index contributed by atoms with van der Waals surface area (Å²) in [7, 11) is -1.82. The van der Waals surface area contributed by atoms with Crippen molar-refractivity contribution in [3.8, 4) is 0 Å². The van der Waals surface area contributed by atoms with Gasteiger partial charge in [0.1, 0.15) is 0 Å². The molecular formula is C5H12Cl2OSSi. The van der Waals surface area contributed by atoms with Crippen LogP contribution in [0, 0.1) is 0 Å². The van der Waals surface area contributed by atoms with Gasteiger partial charge in [-0.1, -0.05) is 0 Å². The van der Waals surface area contributed by atoms with Crippen LogP contribution in [0.5, 0.6) is 0 Å². The fourth-order valence-electron chi connectivity index (χ4n) is 0.549. The van der Waals surface area contributed by atoms with Crippen molar-refractivity contribution in [2.75, 3.05) is 23.0 Å². The molecule has 0 aromatic rings. The molecule has 0 saturated heterocycles. The highest BCUT2D eigenvalue weighted by molar-refractivity contribution is 7.82. The summed E-state index contributed by atoms with van der Waals surface area (Å²) in [6, 6.07) is 0. The first-order valence-electron chi connectivity index (χ1n) is 3.11. The number of rotatable bonds is 5. The second kappa shape index (κ2) is 5.72. The standard InChI is InChI=1S/C5H12Cl2OSSi/c1-2-8-10(3-6,4-7)5-9/h9H,2-5H2,1H3. The Morgan fingerprint density at radius 2 is 1.90 bits per heavy atom. The summed E-state index contributed by atoms with van der Waals surface area (Å²) in [5.74, 6) is 0. The zero-order valence-corrected chi connectivity index (χ0v) is 9.35. The van der Waals surface area contributed by atoms with E-state index in [4.69, 9.17) is 27.6 Å². The molecule has 0 spiro atoms. The molecule has 0 saturated carbocycles. The minimum atomic E-state index is -1.82. The van der Waals surface area contributed by atoms with Crippen molar-refractivity contribution in [2.45, 2.75) is 6.92 Å². The lowest BCUT2D eigenvalue weighted by Gasteiger charge is -2.23. The second-order valence-electron chi connectivity index (χ2n) is 2.04. The number of thiol groups is 1. The third-order valence-corrected chi connectivity index (χ3v) is 8.33. The smallest absolute Gasteiger partial charge is 0.231 e. The maximum atomic E-state index is 5.71. The molecule has 62 valence electrons. The molecule has 0 bridgehead atoms. The number of alkyl halides is 2. The molecule has 0 rings (SSSR count). The van der Waals surface area contributed by atoms with Crippen LogP contribution >= 0.6 is 35.8 Å². The minimum absolute atomic E-state index is 0.536. The van der Waals surface area contributed by atoms with Gasteiger partial charge in [-0.15, -0.1) is 23.2 Å². The maximum absolute atomic E-state index is 5.71. The minimum Gasteiger partial charge on any atom is -0.414 e. The molecule has 0 aromatic heterocycles. The molecule has 5 heteroatoms. The first-order valence-corrected chi connectivity index (χ1v) is 7.34. The highest BCUT2D eigenvalue weighted by Crippen LogP contribution is 2.11. The van der Waals surface area contributed by atoms with Crippen molar-refractivity contribution in [1.29, 1.82) is 0 Å². The molecule has 0 N–H and O–H groups in total. The average molecular weight is 219 g/mol. The molecule has 0 aliphatic rings. The Bertz CT molecular complexity index is 81.5. The SMILES string of the molecule is CCO[Si](CS)(CCl)CCl. The van der Waals surface area contributed by atoms with Crippen LogP contribution in [0.25, 0.3) is 0 Å². The first kappa shape index (κ1) is 11.1. The topological polar surface area (TPSA) is 9.23 Å². The summed E-state index contributed by atoms with van der Waals surface area (Å²) in [5.41, 5.74) is 1.07. The predicted octanol–water partition coefficient (Wildman–Crippen LogP) is 1.99. The fraction of sp³-hybridized carbons (Fsp3) is 1.00. The van der Waals surface area contributed by atoms with Gasteiger partial charge in [0.2, 0.25) is 8.32 Å². The van der Waals surface area contributed by atoms with E-state index < -0.39 is 8.32 Å². The van der Waals surface area contributed by atoms with E-state index in [9.17, 15) is 0 Å². The summed E-state index contributed by atoms with van der Waals surface area (Å²) >= 11 is 15.6. The third-order valence-electron chi connectivity index (χ3n) is 1.23. The fourth-order valence-corrected chi connectivity index (χ4v) is 5.27. The van der Waals surface area contributed by atoms with E-state index in [1.54, 1.807) is 0 Å². The lowest BCUT2D eigenvalue weighted by molar-refractivity contribution is 0.332. The highest BCUT2D eigenvalue weighted by atomic mass is 35.5. The molecule has 0 unspecified atom stereocenters. The highest BCUT2D eigenvalue weighted by Gasteiger charge is 2.31.